The van der Waals surface area contributed by atoms with Crippen molar-refractivity contribution >= 4 is 11.6 Å². The van der Waals surface area contributed by atoms with E-state index >= 15 is 0 Å². The molecule has 0 heterocycles. The zero-order valence-corrected chi connectivity index (χ0v) is 13.9. The van der Waals surface area contributed by atoms with E-state index in [1.807, 2.05) is 25.1 Å². The molecule has 1 aliphatic carbocycles. The minimum atomic E-state index is 0.0709. The van der Waals surface area contributed by atoms with Crippen LogP contribution >= 0.6 is 0 Å². The van der Waals surface area contributed by atoms with Crippen LogP contribution in [0.5, 0.6) is 0 Å². The van der Waals surface area contributed by atoms with E-state index in [1.165, 1.54) is 24.0 Å². The Morgan fingerprint density at radius 3 is 2.52 bits per heavy atom. The fraction of sp³-hybridized carbons (Fsp3) is 0.350. The third-order valence-corrected chi connectivity index (χ3v) is 4.52. The first-order valence-electron chi connectivity index (χ1n) is 8.27. The molecule has 1 saturated carbocycles. The van der Waals surface area contributed by atoms with Crippen molar-refractivity contribution in [2.75, 3.05) is 11.9 Å². The molecular weight excluding hydrogens is 284 g/mol. The number of aryl methyl sites for hydroxylation is 1. The summed E-state index contributed by atoms with van der Waals surface area (Å²) in [6, 6.07) is 17.0. The first kappa shape index (κ1) is 15.8. The Morgan fingerprint density at radius 2 is 1.83 bits per heavy atom. The lowest BCUT2D eigenvalue weighted by Gasteiger charge is -2.22. The Hall–Kier alpha value is -2.13. The number of rotatable bonds is 6. The largest absolute Gasteiger partial charge is 0.325 e. The topological polar surface area (TPSA) is 32.3 Å². The monoisotopic (exact) mass is 308 g/mol. The zero-order chi connectivity index (χ0) is 16.2. The van der Waals surface area contributed by atoms with Crippen LogP contribution in [-0.4, -0.2) is 23.4 Å². The molecule has 0 aliphatic heterocycles. The van der Waals surface area contributed by atoms with Crippen molar-refractivity contribution in [3.05, 3.63) is 65.2 Å². The molecule has 3 rings (SSSR count). The molecule has 1 N–H and O–H groups in total. The second kappa shape index (κ2) is 6.97. The Balaban J connectivity index is 1.63. The first-order valence-corrected chi connectivity index (χ1v) is 8.27. The van der Waals surface area contributed by atoms with E-state index in [2.05, 4.69) is 47.5 Å². The summed E-state index contributed by atoms with van der Waals surface area (Å²) >= 11 is 0. The lowest BCUT2D eigenvalue weighted by Crippen LogP contribution is -2.34. The molecule has 3 nitrogen and oxygen atoms in total. The van der Waals surface area contributed by atoms with Gasteiger partial charge in [-0.25, -0.2) is 0 Å². The summed E-state index contributed by atoms with van der Waals surface area (Å²) < 4.78 is 0. The molecule has 1 aliphatic rings. The molecule has 3 heteroatoms. The molecule has 23 heavy (non-hydrogen) atoms. The molecule has 0 saturated heterocycles. The van der Waals surface area contributed by atoms with E-state index < -0.39 is 0 Å². The van der Waals surface area contributed by atoms with Gasteiger partial charge in [-0.15, -0.1) is 0 Å². The van der Waals surface area contributed by atoms with Gasteiger partial charge in [-0.3, -0.25) is 9.69 Å². The van der Waals surface area contributed by atoms with Gasteiger partial charge in [0.2, 0.25) is 5.91 Å². The van der Waals surface area contributed by atoms with Crippen molar-refractivity contribution in [2.24, 2.45) is 0 Å². The lowest BCUT2D eigenvalue weighted by molar-refractivity contribution is -0.117. The number of hydrogen-bond donors (Lipinski definition) is 1. The van der Waals surface area contributed by atoms with Gasteiger partial charge in [0.05, 0.1) is 6.54 Å². The Bertz CT molecular complexity index is 677. The number of carbonyl (C=O) groups excluding carboxylic acids is 1. The van der Waals surface area contributed by atoms with Crippen LogP contribution in [0.3, 0.4) is 0 Å². The quantitative estimate of drug-likeness (QED) is 0.877. The summed E-state index contributed by atoms with van der Waals surface area (Å²) in [5.74, 6) is 0.0709. The molecule has 2 aromatic rings. The van der Waals surface area contributed by atoms with Gasteiger partial charge < -0.3 is 5.32 Å². The van der Waals surface area contributed by atoms with Crippen molar-refractivity contribution in [2.45, 2.75) is 39.3 Å². The first-order chi connectivity index (χ1) is 11.1. The molecule has 1 fully saturated rings. The fourth-order valence-electron chi connectivity index (χ4n) is 2.83. The molecule has 0 atom stereocenters. The van der Waals surface area contributed by atoms with Crippen molar-refractivity contribution in [1.82, 2.24) is 4.90 Å². The van der Waals surface area contributed by atoms with Gasteiger partial charge in [0.1, 0.15) is 0 Å². The smallest absolute Gasteiger partial charge is 0.238 e. The Kier molecular flexibility index (Phi) is 4.77. The number of nitrogens with one attached hydrogen (secondary N) is 1. The average Bonchev–Trinajstić information content (AvgIpc) is 3.37. The van der Waals surface area contributed by atoms with E-state index in [1.54, 1.807) is 0 Å². The van der Waals surface area contributed by atoms with Crippen LogP contribution in [0.1, 0.15) is 29.5 Å². The third-order valence-electron chi connectivity index (χ3n) is 4.52. The van der Waals surface area contributed by atoms with Crippen LogP contribution in [-0.2, 0) is 11.3 Å². The summed E-state index contributed by atoms with van der Waals surface area (Å²) in [5.41, 5.74) is 4.53. The van der Waals surface area contributed by atoms with Crippen LogP contribution in [0.25, 0.3) is 0 Å². The molecule has 0 unspecified atom stereocenters. The van der Waals surface area contributed by atoms with E-state index in [0.717, 1.165) is 17.8 Å². The number of hydrogen-bond acceptors (Lipinski definition) is 2. The number of carbonyl (C=O) groups is 1. The highest BCUT2D eigenvalue weighted by molar-refractivity contribution is 5.93. The van der Waals surface area contributed by atoms with Crippen molar-refractivity contribution in [3.63, 3.8) is 0 Å². The van der Waals surface area contributed by atoms with Gasteiger partial charge >= 0.3 is 0 Å². The molecule has 0 aromatic heterocycles. The molecule has 0 spiro atoms. The standard InChI is InChI=1S/C20H24N2O/c1-15-7-6-10-19(16(15)2)21-20(23)14-22(18-11-12-18)13-17-8-4-3-5-9-17/h3-10,18H,11-14H2,1-2H3,(H,21,23). The van der Waals surface area contributed by atoms with Gasteiger partial charge in [-0.1, -0.05) is 42.5 Å². The van der Waals surface area contributed by atoms with E-state index in [4.69, 9.17) is 0 Å². The maximum Gasteiger partial charge on any atom is 0.238 e. The van der Waals surface area contributed by atoms with Gasteiger partial charge in [-0.05, 0) is 49.4 Å². The minimum Gasteiger partial charge on any atom is -0.325 e. The van der Waals surface area contributed by atoms with E-state index in [-0.39, 0.29) is 5.91 Å². The number of benzene rings is 2. The lowest BCUT2D eigenvalue weighted by atomic mass is 10.1. The summed E-state index contributed by atoms with van der Waals surface area (Å²) in [7, 11) is 0. The Labute approximate surface area is 138 Å². The van der Waals surface area contributed by atoms with E-state index in [0.29, 0.717) is 12.6 Å². The van der Waals surface area contributed by atoms with Crippen molar-refractivity contribution < 1.29 is 4.79 Å². The normalized spacial score (nSPS) is 14.0. The van der Waals surface area contributed by atoms with Crippen LogP contribution < -0.4 is 5.32 Å². The SMILES string of the molecule is Cc1cccc(NC(=O)CN(Cc2ccccc2)C2CC2)c1C. The Morgan fingerprint density at radius 1 is 1.09 bits per heavy atom. The highest BCUT2D eigenvalue weighted by Gasteiger charge is 2.30. The number of amides is 1. The van der Waals surface area contributed by atoms with Crippen molar-refractivity contribution in [3.8, 4) is 0 Å². The van der Waals surface area contributed by atoms with Gasteiger partial charge in [-0.2, -0.15) is 0 Å². The maximum absolute atomic E-state index is 12.5. The van der Waals surface area contributed by atoms with Crippen LogP contribution in [0.2, 0.25) is 0 Å². The van der Waals surface area contributed by atoms with E-state index in [9.17, 15) is 4.79 Å². The molecular formula is C20H24N2O. The highest BCUT2D eigenvalue weighted by Crippen LogP contribution is 2.28. The average molecular weight is 308 g/mol. The molecule has 1 amide bonds. The summed E-state index contributed by atoms with van der Waals surface area (Å²) in [4.78, 5) is 14.7. The van der Waals surface area contributed by atoms with Crippen LogP contribution in [0, 0.1) is 13.8 Å². The number of nitrogens with zero attached hydrogens (tertiary/aromatic N) is 1. The molecule has 0 radical (unpaired) electrons. The number of anilines is 1. The second-order valence-corrected chi connectivity index (χ2v) is 6.42. The minimum absolute atomic E-state index is 0.0709. The zero-order valence-electron chi connectivity index (χ0n) is 13.9. The van der Waals surface area contributed by atoms with Crippen molar-refractivity contribution in [1.29, 1.82) is 0 Å². The third kappa shape index (κ3) is 4.20. The van der Waals surface area contributed by atoms with Gasteiger partial charge in [0.15, 0.2) is 0 Å². The molecule has 2 aromatic carbocycles. The summed E-state index contributed by atoms with van der Waals surface area (Å²) in [6.07, 6.45) is 2.40. The van der Waals surface area contributed by atoms with Gasteiger partial charge in [0.25, 0.3) is 0 Å². The maximum atomic E-state index is 12.5. The predicted molar refractivity (Wildman–Crippen MR) is 94.4 cm³/mol. The highest BCUT2D eigenvalue weighted by atomic mass is 16.2. The summed E-state index contributed by atoms with van der Waals surface area (Å²) in [6.45, 7) is 5.41. The van der Waals surface area contributed by atoms with Crippen LogP contribution in [0.15, 0.2) is 48.5 Å². The molecule has 0 bridgehead atoms. The van der Waals surface area contributed by atoms with Crippen LogP contribution in [0.4, 0.5) is 5.69 Å². The van der Waals surface area contributed by atoms with Gasteiger partial charge in [0, 0.05) is 18.3 Å². The summed E-state index contributed by atoms with van der Waals surface area (Å²) in [5, 5.41) is 3.07. The predicted octanol–water partition coefficient (Wildman–Crippen LogP) is 3.91. The molecule has 120 valence electrons. The fourth-order valence-corrected chi connectivity index (χ4v) is 2.83. The second-order valence-electron chi connectivity index (χ2n) is 6.42.